The van der Waals surface area contributed by atoms with Gasteiger partial charge in [0.1, 0.15) is 36.1 Å². The number of nitrogens with one attached hydrogen (secondary N) is 1. The van der Waals surface area contributed by atoms with Gasteiger partial charge in [0.2, 0.25) is 0 Å². The number of aromatic nitrogens is 3. The van der Waals surface area contributed by atoms with Crippen molar-refractivity contribution in [3.8, 4) is 29.6 Å². The van der Waals surface area contributed by atoms with E-state index in [1.807, 2.05) is 12.1 Å². The molecular weight excluding hydrogens is 613 g/mol. The Labute approximate surface area is 279 Å². The molecule has 8 rings (SSSR count). The summed E-state index contributed by atoms with van der Waals surface area (Å²) in [5.41, 5.74) is 1.15. The number of rotatable bonds is 6. The van der Waals surface area contributed by atoms with Crippen LogP contribution in [0.2, 0.25) is 0 Å². The summed E-state index contributed by atoms with van der Waals surface area (Å²) in [7, 11) is 0. The molecule has 0 bridgehead atoms. The number of terminal acetylenes is 1. The van der Waals surface area contributed by atoms with Gasteiger partial charge in [0.15, 0.2) is 5.82 Å². The van der Waals surface area contributed by atoms with Crippen LogP contribution in [0.5, 0.6) is 6.01 Å². The lowest BCUT2D eigenvalue weighted by molar-refractivity contribution is 0.0772. The zero-order valence-corrected chi connectivity index (χ0v) is 27.5. The first-order valence-electron chi connectivity index (χ1n) is 17.4. The van der Waals surface area contributed by atoms with Gasteiger partial charge < -0.3 is 15.0 Å². The lowest BCUT2D eigenvalue weighted by Gasteiger charge is -2.43. The molecule has 6 heterocycles. The summed E-state index contributed by atoms with van der Waals surface area (Å²) in [5, 5.41) is 5.42. The normalized spacial score (nSPS) is 27.0. The summed E-state index contributed by atoms with van der Waals surface area (Å²) in [4.78, 5) is 19.5. The molecule has 0 radical (unpaired) electrons. The van der Waals surface area contributed by atoms with E-state index < -0.39 is 11.6 Å². The minimum Gasteiger partial charge on any atom is -0.461 e. The second-order valence-electron chi connectivity index (χ2n) is 14.1. The highest BCUT2D eigenvalue weighted by Crippen LogP contribution is 2.45. The number of pyridine rings is 1. The lowest BCUT2D eigenvalue weighted by Crippen LogP contribution is -2.57. The van der Waals surface area contributed by atoms with E-state index >= 15 is 8.78 Å². The van der Waals surface area contributed by atoms with Gasteiger partial charge in [-0.1, -0.05) is 44.0 Å². The molecule has 4 aliphatic rings. The fourth-order valence-electron chi connectivity index (χ4n) is 8.87. The molecule has 2 aromatic carbocycles. The lowest BCUT2D eigenvalue weighted by atomic mass is 9.89. The van der Waals surface area contributed by atoms with E-state index in [9.17, 15) is 4.39 Å². The molecule has 4 aliphatic heterocycles. The van der Waals surface area contributed by atoms with Crippen LogP contribution in [0.4, 0.5) is 19.0 Å². The van der Waals surface area contributed by atoms with Crippen molar-refractivity contribution in [3.63, 3.8) is 0 Å². The SMILES string of the molecule is C#Cc1c(F)ccc2cccc(-c3nc4c5c(nc(OC[C@@]67CCCN6[C@H](CF)CC7)nc5c3F)N3C[C@@H](CC)NC[C@H]3CC[C@H]4C)c12. The van der Waals surface area contributed by atoms with Crippen LogP contribution in [-0.2, 0) is 0 Å². The number of benzene rings is 2. The molecule has 5 atom stereocenters. The summed E-state index contributed by atoms with van der Waals surface area (Å²) in [6.07, 6.45) is 12.0. The summed E-state index contributed by atoms with van der Waals surface area (Å²) in [5.74, 6) is 1.95. The van der Waals surface area contributed by atoms with Gasteiger partial charge in [-0.2, -0.15) is 9.97 Å². The third-order valence-electron chi connectivity index (χ3n) is 11.5. The highest BCUT2D eigenvalue weighted by molar-refractivity contribution is 6.03. The summed E-state index contributed by atoms with van der Waals surface area (Å²) in [6, 6.07) is 8.81. The molecule has 1 N–H and O–H groups in total. The molecule has 7 nitrogen and oxygen atoms in total. The predicted octanol–water partition coefficient (Wildman–Crippen LogP) is 6.90. The fourth-order valence-corrected chi connectivity index (χ4v) is 8.87. The summed E-state index contributed by atoms with van der Waals surface area (Å²) in [6.45, 7) is 6.58. The molecular formula is C38H41F3N6O. The predicted molar refractivity (Wildman–Crippen MR) is 182 cm³/mol. The van der Waals surface area contributed by atoms with Crippen LogP contribution in [0, 0.1) is 24.0 Å². The van der Waals surface area contributed by atoms with Crippen LogP contribution >= 0.6 is 0 Å². The highest BCUT2D eigenvalue weighted by Gasteiger charge is 2.50. The van der Waals surface area contributed by atoms with Gasteiger partial charge in [0, 0.05) is 42.2 Å². The summed E-state index contributed by atoms with van der Waals surface area (Å²) < 4.78 is 52.7. The van der Waals surface area contributed by atoms with Gasteiger partial charge >= 0.3 is 6.01 Å². The number of nitrogens with zero attached hydrogens (tertiary/aromatic N) is 5. The zero-order valence-electron chi connectivity index (χ0n) is 27.5. The number of ether oxygens (including phenoxy) is 1. The van der Waals surface area contributed by atoms with Gasteiger partial charge in [-0.25, -0.2) is 18.2 Å². The number of hydrogen-bond donors (Lipinski definition) is 1. The van der Waals surface area contributed by atoms with Crippen molar-refractivity contribution in [3.05, 3.63) is 53.2 Å². The summed E-state index contributed by atoms with van der Waals surface area (Å²) >= 11 is 0. The van der Waals surface area contributed by atoms with Crippen LogP contribution in [-0.4, -0.2) is 76.4 Å². The quantitative estimate of drug-likeness (QED) is 0.227. The van der Waals surface area contributed by atoms with E-state index in [0.717, 1.165) is 58.0 Å². The van der Waals surface area contributed by atoms with E-state index in [1.54, 1.807) is 12.1 Å². The van der Waals surface area contributed by atoms with Crippen molar-refractivity contribution in [2.75, 3.05) is 37.8 Å². The van der Waals surface area contributed by atoms with Crippen molar-refractivity contribution < 1.29 is 17.9 Å². The molecule has 0 spiro atoms. The average Bonchev–Trinajstić information content (AvgIpc) is 3.68. The molecule has 0 saturated carbocycles. The minimum absolute atomic E-state index is 0.0205. The number of fused-ring (bicyclic) bond motifs is 4. The van der Waals surface area contributed by atoms with Crippen LogP contribution < -0.4 is 15.0 Å². The molecule has 48 heavy (non-hydrogen) atoms. The molecule has 4 aromatic rings. The third kappa shape index (κ3) is 4.92. The molecule has 0 unspecified atom stereocenters. The van der Waals surface area contributed by atoms with E-state index in [-0.39, 0.29) is 59.0 Å². The standard InChI is InChI=1S/C38H41F3N6O/c1-4-24-20-46-26(19-42-24)12-10-22(3)33-31-35(32(41)34(43-33)28-9-6-8-23-11-13-29(40)27(5-2)30(23)28)44-37(45-36(31)46)48-21-38-15-7-17-47(38)25(18-39)14-16-38/h2,6,8-9,11,13,22,24-26,42H,4,7,10,12,14-21H2,1,3H3/t22-,24-,25+,26-,38+/m1/s1. The first kappa shape index (κ1) is 31.3. The van der Waals surface area contributed by atoms with Crippen molar-refractivity contribution in [2.24, 2.45) is 0 Å². The monoisotopic (exact) mass is 654 g/mol. The molecule has 2 aromatic heterocycles. The van der Waals surface area contributed by atoms with Crippen LogP contribution in [0.1, 0.15) is 76.0 Å². The third-order valence-corrected chi connectivity index (χ3v) is 11.5. The molecule has 3 fully saturated rings. The smallest absolute Gasteiger partial charge is 0.319 e. The maximum atomic E-state index is 17.3. The van der Waals surface area contributed by atoms with Crippen LogP contribution in [0.3, 0.4) is 0 Å². The topological polar surface area (TPSA) is 66.4 Å². The fraction of sp³-hybridized carbons (Fsp3) is 0.500. The Balaban J connectivity index is 1.34. The van der Waals surface area contributed by atoms with E-state index in [1.165, 1.54) is 6.07 Å². The Morgan fingerprint density at radius 2 is 1.96 bits per heavy atom. The molecule has 10 heteroatoms. The van der Waals surface area contributed by atoms with Gasteiger partial charge in [0.05, 0.1) is 22.2 Å². The van der Waals surface area contributed by atoms with E-state index in [4.69, 9.17) is 26.1 Å². The van der Waals surface area contributed by atoms with Crippen molar-refractivity contribution in [1.29, 1.82) is 0 Å². The zero-order chi connectivity index (χ0) is 33.2. The van der Waals surface area contributed by atoms with Crippen LogP contribution in [0.15, 0.2) is 30.3 Å². The van der Waals surface area contributed by atoms with E-state index in [2.05, 4.69) is 34.9 Å². The van der Waals surface area contributed by atoms with E-state index in [0.29, 0.717) is 46.4 Å². The second kappa shape index (κ2) is 12.2. The largest absolute Gasteiger partial charge is 0.461 e. The maximum absolute atomic E-state index is 17.3. The molecule has 250 valence electrons. The molecule has 0 aliphatic carbocycles. The van der Waals surface area contributed by atoms with Gasteiger partial charge in [-0.3, -0.25) is 4.90 Å². The number of alkyl halides is 1. The number of anilines is 1. The molecule has 3 saturated heterocycles. The second-order valence-corrected chi connectivity index (χ2v) is 14.1. The maximum Gasteiger partial charge on any atom is 0.319 e. The number of halogens is 3. The van der Waals surface area contributed by atoms with Gasteiger partial charge in [-0.05, 0) is 68.9 Å². The van der Waals surface area contributed by atoms with Crippen molar-refractivity contribution in [2.45, 2.75) is 88.4 Å². The Hall–Kier alpha value is -3.94. The Morgan fingerprint density at radius 1 is 1.08 bits per heavy atom. The first-order chi connectivity index (χ1) is 23.4. The highest BCUT2D eigenvalue weighted by atomic mass is 19.1. The Morgan fingerprint density at radius 3 is 2.77 bits per heavy atom. The van der Waals surface area contributed by atoms with Gasteiger partial charge in [0.25, 0.3) is 0 Å². The minimum atomic E-state index is -0.618. The number of hydrogen-bond acceptors (Lipinski definition) is 7. The van der Waals surface area contributed by atoms with Crippen LogP contribution in [0.25, 0.3) is 32.9 Å². The average molecular weight is 655 g/mol. The Bertz CT molecular complexity index is 1950. The van der Waals surface area contributed by atoms with Crippen molar-refractivity contribution in [1.82, 2.24) is 25.2 Å². The van der Waals surface area contributed by atoms with Crippen molar-refractivity contribution >= 4 is 27.5 Å². The molecule has 0 amide bonds. The van der Waals surface area contributed by atoms with Gasteiger partial charge in [-0.15, -0.1) is 6.42 Å². The number of piperazine rings is 1. The Kier molecular flexibility index (Phi) is 7.96. The first-order valence-corrected chi connectivity index (χ1v) is 17.4.